The number of nitrogens with one attached hydrogen (secondary N) is 1. The molecule has 0 radical (unpaired) electrons. The smallest absolute Gasteiger partial charge is 0.110 e. The van der Waals surface area contributed by atoms with E-state index in [0.29, 0.717) is 0 Å². The van der Waals surface area contributed by atoms with Gasteiger partial charge < -0.3 is 9.47 Å². The van der Waals surface area contributed by atoms with E-state index in [1.54, 1.807) is 0 Å². The molecule has 6 aromatic carbocycles. The molecule has 3 aliphatic rings. The minimum atomic E-state index is 0.135. The highest BCUT2D eigenvalue weighted by molar-refractivity contribution is 6.10. The van der Waals surface area contributed by atoms with Crippen molar-refractivity contribution >= 4 is 27.5 Å². The molecule has 3 nitrogen and oxygen atoms in total. The largest absolute Gasteiger partial charge is 0.332 e. The van der Waals surface area contributed by atoms with Crippen LogP contribution in [0.3, 0.4) is 0 Å². The molecule has 1 N–H and O–H groups in total. The number of rotatable bonds is 5. The summed E-state index contributed by atoms with van der Waals surface area (Å²) in [6.07, 6.45) is 1.38. The van der Waals surface area contributed by atoms with Gasteiger partial charge in [0.05, 0.1) is 11.0 Å². The lowest BCUT2D eigenvalue weighted by Gasteiger charge is -2.52. The first-order chi connectivity index (χ1) is 20.8. The fourth-order valence-corrected chi connectivity index (χ4v) is 6.92. The predicted molar refractivity (Wildman–Crippen MR) is 173 cm³/mol. The Kier molecular flexibility index (Phi) is 5.16. The van der Waals surface area contributed by atoms with Crippen LogP contribution in [0, 0.1) is 0 Å². The second kappa shape index (κ2) is 9.20. The average molecular weight is 540 g/mol. The Hall–Kier alpha value is -5.12. The molecule has 7 aromatic rings. The van der Waals surface area contributed by atoms with Crippen LogP contribution in [0.1, 0.15) is 34.6 Å². The Labute approximate surface area is 245 Å². The van der Waals surface area contributed by atoms with E-state index in [1.165, 1.54) is 66.6 Å². The average Bonchev–Trinajstić information content (AvgIpc) is 3.35. The van der Waals surface area contributed by atoms with Crippen LogP contribution in [0.5, 0.6) is 0 Å². The zero-order valence-corrected chi connectivity index (χ0v) is 23.1. The fourth-order valence-electron chi connectivity index (χ4n) is 6.92. The van der Waals surface area contributed by atoms with Gasteiger partial charge in [-0.15, -0.1) is 0 Å². The Bertz CT molecular complexity index is 2090. The van der Waals surface area contributed by atoms with Crippen molar-refractivity contribution in [3.63, 3.8) is 0 Å². The summed E-state index contributed by atoms with van der Waals surface area (Å²) in [7, 11) is 0. The van der Waals surface area contributed by atoms with Gasteiger partial charge in [-0.25, -0.2) is 0 Å². The molecule has 10 rings (SSSR count). The minimum Gasteiger partial charge on any atom is -0.332 e. The molecule has 2 bridgehead atoms. The second-order valence-corrected chi connectivity index (χ2v) is 11.5. The van der Waals surface area contributed by atoms with Gasteiger partial charge in [-0.2, -0.15) is 0 Å². The van der Waals surface area contributed by atoms with E-state index in [9.17, 15) is 0 Å². The number of fused-ring (bicyclic) bond motifs is 5. The number of anilines is 1. The lowest BCUT2D eigenvalue weighted by atomic mass is 9.85. The van der Waals surface area contributed by atoms with Gasteiger partial charge in [0.2, 0.25) is 0 Å². The van der Waals surface area contributed by atoms with E-state index >= 15 is 0 Å². The first-order valence-corrected chi connectivity index (χ1v) is 14.7. The Morgan fingerprint density at radius 3 is 1.98 bits per heavy atom. The van der Waals surface area contributed by atoms with Crippen molar-refractivity contribution in [2.75, 3.05) is 4.90 Å². The Morgan fingerprint density at radius 2 is 1.21 bits per heavy atom. The second-order valence-electron chi connectivity index (χ2n) is 11.5. The highest BCUT2D eigenvalue weighted by atomic mass is 15.5. The van der Waals surface area contributed by atoms with E-state index in [4.69, 9.17) is 0 Å². The third-order valence-corrected chi connectivity index (χ3v) is 9.07. The molecular weight excluding hydrogens is 510 g/mol. The summed E-state index contributed by atoms with van der Waals surface area (Å²) in [5, 5.41) is 6.41. The normalized spacial score (nSPS) is 17.3. The summed E-state index contributed by atoms with van der Waals surface area (Å²) in [6, 6.07) is 53.1. The first-order valence-electron chi connectivity index (χ1n) is 14.7. The summed E-state index contributed by atoms with van der Waals surface area (Å²) < 4.78 is 2.41. The Morgan fingerprint density at radius 1 is 0.524 bits per heavy atom. The molecule has 0 spiro atoms. The van der Waals surface area contributed by atoms with Crippen LogP contribution < -0.4 is 10.2 Å². The van der Waals surface area contributed by atoms with Crippen molar-refractivity contribution < 1.29 is 0 Å². The van der Waals surface area contributed by atoms with Crippen molar-refractivity contribution in [2.24, 2.45) is 0 Å². The standard InChI is InChI=1S/C39H29N3/c1-3-9-27(10-4-1)29-16-22-35-34-13-7-8-14-36(34)41(37(35)25-29)31-17-19-32(20-18-31)42-38(28-11-5-2-6-12-28)40-39(42)33-21-15-26-23-30(33)24-26/h1-23,25,38-40H,24H2. The van der Waals surface area contributed by atoms with Gasteiger partial charge in [0.25, 0.3) is 0 Å². The van der Waals surface area contributed by atoms with E-state index in [2.05, 4.69) is 160 Å². The van der Waals surface area contributed by atoms with E-state index < -0.39 is 0 Å². The van der Waals surface area contributed by atoms with Crippen molar-refractivity contribution in [3.05, 3.63) is 168 Å². The van der Waals surface area contributed by atoms with Crippen LogP contribution in [0.15, 0.2) is 146 Å². The number of para-hydroxylation sites is 1. The van der Waals surface area contributed by atoms with Gasteiger partial charge in [-0.05, 0) is 76.2 Å². The Balaban J connectivity index is 1.15. The quantitative estimate of drug-likeness (QED) is 0.235. The molecule has 1 aliphatic heterocycles. The molecule has 1 fully saturated rings. The molecular formula is C39H29N3. The predicted octanol–water partition coefficient (Wildman–Crippen LogP) is 9.16. The maximum absolute atomic E-state index is 3.86. The molecule has 0 saturated carbocycles. The number of benzene rings is 6. The molecule has 2 aliphatic carbocycles. The van der Waals surface area contributed by atoms with Crippen molar-refractivity contribution in [1.29, 1.82) is 0 Å². The van der Waals surface area contributed by atoms with Gasteiger partial charge in [0.1, 0.15) is 12.3 Å². The van der Waals surface area contributed by atoms with Crippen LogP contribution >= 0.6 is 0 Å². The lowest BCUT2D eigenvalue weighted by Crippen LogP contribution is -2.58. The molecule has 3 heteroatoms. The monoisotopic (exact) mass is 539 g/mol. The number of hydrogen-bond donors (Lipinski definition) is 1. The van der Waals surface area contributed by atoms with Crippen LogP contribution in [-0.4, -0.2) is 4.57 Å². The molecule has 42 heavy (non-hydrogen) atoms. The van der Waals surface area contributed by atoms with Crippen LogP contribution in [0.2, 0.25) is 0 Å². The summed E-state index contributed by atoms with van der Waals surface area (Å²) in [6.45, 7) is 0. The fraction of sp³-hybridized carbons (Fsp3) is 0.0769. The van der Waals surface area contributed by atoms with E-state index in [1.807, 2.05) is 0 Å². The summed E-state index contributed by atoms with van der Waals surface area (Å²) in [4.78, 5) is 2.53. The van der Waals surface area contributed by atoms with Gasteiger partial charge >= 0.3 is 0 Å². The molecule has 2 heterocycles. The van der Waals surface area contributed by atoms with Crippen LogP contribution in [0.4, 0.5) is 5.69 Å². The highest BCUT2D eigenvalue weighted by Crippen LogP contribution is 2.45. The molecule has 2 unspecified atom stereocenters. The van der Waals surface area contributed by atoms with Crippen molar-refractivity contribution in [2.45, 2.75) is 18.8 Å². The highest BCUT2D eigenvalue weighted by Gasteiger charge is 2.41. The maximum atomic E-state index is 3.86. The molecule has 200 valence electrons. The summed E-state index contributed by atoms with van der Waals surface area (Å²) in [5.74, 6) is 0. The number of hydrogen-bond acceptors (Lipinski definition) is 2. The molecule has 0 amide bonds. The lowest BCUT2D eigenvalue weighted by molar-refractivity contribution is 0.274. The number of nitrogens with zero attached hydrogens (tertiary/aromatic N) is 2. The molecule has 1 aromatic heterocycles. The van der Waals surface area contributed by atoms with Crippen molar-refractivity contribution in [1.82, 2.24) is 9.88 Å². The number of aromatic nitrogens is 1. The zero-order valence-electron chi connectivity index (χ0n) is 23.1. The maximum Gasteiger partial charge on any atom is 0.110 e. The van der Waals surface area contributed by atoms with Crippen LogP contribution in [-0.2, 0) is 6.42 Å². The van der Waals surface area contributed by atoms with Crippen LogP contribution in [0.25, 0.3) is 38.6 Å². The van der Waals surface area contributed by atoms with Crippen molar-refractivity contribution in [3.8, 4) is 16.8 Å². The summed E-state index contributed by atoms with van der Waals surface area (Å²) in [5.41, 5.74) is 12.9. The topological polar surface area (TPSA) is 20.2 Å². The van der Waals surface area contributed by atoms with Gasteiger partial charge in [0.15, 0.2) is 0 Å². The summed E-state index contributed by atoms with van der Waals surface area (Å²) >= 11 is 0. The van der Waals surface area contributed by atoms with E-state index in [-0.39, 0.29) is 12.3 Å². The minimum absolute atomic E-state index is 0.135. The molecule has 1 saturated heterocycles. The van der Waals surface area contributed by atoms with Gasteiger partial charge in [0, 0.05) is 22.1 Å². The van der Waals surface area contributed by atoms with Gasteiger partial charge in [-0.3, -0.25) is 5.32 Å². The SMILES string of the molecule is c1ccc(-c2ccc3c4ccccc4n(-c4ccc(N5C(c6ccccc6)NC5c5ccc6cc5C6)cc4)c3c2)cc1. The van der Waals surface area contributed by atoms with Gasteiger partial charge in [-0.1, -0.05) is 109 Å². The first kappa shape index (κ1) is 23.6. The zero-order chi connectivity index (χ0) is 27.6. The van der Waals surface area contributed by atoms with E-state index in [0.717, 1.165) is 6.42 Å². The third kappa shape index (κ3) is 3.57. The third-order valence-electron chi connectivity index (χ3n) is 9.07. The molecule has 2 atom stereocenters.